The lowest BCUT2D eigenvalue weighted by Gasteiger charge is -2.20. The SMILES string of the molecule is Cc1ccc(-n2ncc(NC(=O)OC(C)(C)C)c2C(F)(F)F)nc1. The van der Waals surface area contributed by atoms with Crippen LogP contribution in [0.2, 0.25) is 0 Å². The summed E-state index contributed by atoms with van der Waals surface area (Å²) >= 11 is 0. The third-order valence-corrected chi connectivity index (χ3v) is 2.79. The minimum Gasteiger partial charge on any atom is -0.444 e. The largest absolute Gasteiger partial charge is 0.444 e. The molecule has 0 aliphatic heterocycles. The molecule has 0 bridgehead atoms. The summed E-state index contributed by atoms with van der Waals surface area (Å²) in [6, 6.07) is 3.03. The Morgan fingerprint density at radius 2 is 1.88 bits per heavy atom. The minimum absolute atomic E-state index is 0.00911. The van der Waals surface area contributed by atoms with Crippen LogP contribution in [0.3, 0.4) is 0 Å². The van der Waals surface area contributed by atoms with Crippen molar-refractivity contribution < 1.29 is 22.7 Å². The molecule has 2 aromatic rings. The van der Waals surface area contributed by atoms with Gasteiger partial charge in [-0.15, -0.1) is 0 Å². The number of hydrogen-bond acceptors (Lipinski definition) is 4. The van der Waals surface area contributed by atoms with Crippen LogP contribution in [0.15, 0.2) is 24.5 Å². The molecule has 2 aromatic heterocycles. The molecule has 0 saturated heterocycles. The Morgan fingerprint density at radius 3 is 2.38 bits per heavy atom. The minimum atomic E-state index is -4.74. The average molecular weight is 342 g/mol. The maximum atomic E-state index is 13.4. The standard InChI is InChI=1S/C15H17F3N4O2/c1-9-5-6-11(19-7-9)22-12(15(16,17)18)10(8-20-22)21-13(23)24-14(2,3)4/h5-8H,1-4H3,(H,21,23). The number of alkyl halides is 3. The van der Waals surface area contributed by atoms with Crippen molar-refractivity contribution in [2.75, 3.05) is 5.32 Å². The van der Waals surface area contributed by atoms with Gasteiger partial charge in [-0.05, 0) is 39.3 Å². The number of nitrogens with zero attached hydrogens (tertiary/aromatic N) is 3. The van der Waals surface area contributed by atoms with Crippen LogP contribution in [-0.4, -0.2) is 26.5 Å². The van der Waals surface area contributed by atoms with Crippen LogP contribution in [0.25, 0.3) is 5.82 Å². The number of rotatable bonds is 2. The van der Waals surface area contributed by atoms with Gasteiger partial charge in [-0.1, -0.05) is 6.07 Å². The van der Waals surface area contributed by atoms with Gasteiger partial charge in [0.15, 0.2) is 11.5 Å². The quantitative estimate of drug-likeness (QED) is 0.897. The molecule has 24 heavy (non-hydrogen) atoms. The molecule has 130 valence electrons. The summed E-state index contributed by atoms with van der Waals surface area (Å²) < 4.78 is 45.8. The van der Waals surface area contributed by atoms with Gasteiger partial charge in [0.05, 0.1) is 11.9 Å². The third-order valence-electron chi connectivity index (χ3n) is 2.79. The molecule has 1 N–H and O–H groups in total. The molecule has 0 unspecified atom stereocenters. The number of hydrogen-bond donors (Lipinski definition) is 1. The van der Waals surface area contributed by atoms with E-state index in [0.29, 0.717) is 4.68 Å². The highest BCUT2D eigenvalue weighted by Crippen LogP contribution is 2.36. The van der Waals surface area contributed by atoms with E-state index in [1.165, 1.54) is 12.3 Å². The molecule has 1 amide bonds. The molecular weight excluding hydrogens is 325 g/mol. The van der Waals surface area contributed by atoms with E-state index in [1.807, 2.05) is 0 Å². The summed E-state index contributed by atoms with van der Waals surface area (Å²) in [5.41, 5.74) is -1.67. The first-order chi connectivity index (χ1) is 11.0. The summed E-state index contributed by atoms with van der Waals surface area (Å²) in [7, 11) is 0. The summed E-state index contributed by atoms with van der Waals surface area (Å²) in [5.74, 6) is -0.00911. The number of aromatic nitrogens is 3. The fourth-order valence-corrected chi connectivity index (χ4v) is 1.89. The second-order valence-corrected chi connectivity index (χ2v) is 6.14. The van der Waals surface area contributed by atoms with Gasteiger partial charge >= 0.3 is 12.3 Å². The summed E-state index contributed by atoms with van der Waals surface area (Å²) in [6.07, 6.45) is -3.40. The number of pyridine rings is 1. The number of ether oxygens (including phenoxy) is 1. The zero-order chi connectivity index (χ0) is 18.1. The molecule has 0 saturated carbocycles. The first kappa shape index (κ1) is 17.8. The van der Waals surface area contributed by atoms with Gasteiger partial charge in [0.2, 0.25) is 0 Å². The number of aryl methyl sites for hydroxylation is 1. The van der Waals surface area contributed by atoms with E-state index >= 15 is 0 Å². The van der Waals surface area contributed by atoms with Crippen molar-refractivity contribution in [2.24, 2.45) is 0 Å². The van der Waals surface area contributed by atoms with Crippen LogP contribution >= 0.6 is 0 Å². The van der Waals surface area contributed by atoms with Gasteiger partial charge in [0.1, 0.15) is 5.60 Å². The Balaban J connectivity index is 2.40. The van der Waals surface area contributed by atoms with Crippen molar-refractivity contribution in [3.63, 3.8) is 0 Å². The third kappa shape index (κ3) is 4.24. The molecule has 0 spiro atoms. The predicted octanol–water partition coefficient (Wildman–Crippen LogP) is 3.94. The van der Waals surface area contributed by atoms with Crippen LogP contribution in [0.1, 0.15) is 32.0 Å². The van der Waals surface area contributed by atoms with E-state index < -0.39 is 29.3 Å². The van der Waals surface area contributed by atoms with E-state index in [-0.39, 0.29) is 5.82 Å². The topological polar surface area (TPSA) is 69.0 Å². The van der Waals surface area contributed by atoms with Crippen molar-refractivity contribution in [3.8, 4) is 5.82 Å². The average Bonchev–Trinajstić information content (AvgIpc) is 2.80. The van der Waals surface area contributed by atoms with Gasteiger partial charge in [-0.25, -0.2) is 14.5 Å². The highest BCUT2D eigenvalue weighted by atomic mass is 19.4. The Kier molecular flexibility index (Phi) is 4.54. The van der Waals surface area contributed by atoms with Crippen LogP contribution < -0.4 is 5.32 Å². The van der Waals surface area contributed by atoms with Gasteiger partial charge in [0, 0.05) is 6.20 Å². The zero-order valence-corrected chi connectivity index (χ0v) is 13.6. The second-order valence-electron chi connectivity index (χ2n) is 6.14. The highest BCUT2D eigenvalue weighted by Gasteiger charge is 2.40. The van der Waals surface area contributed by atoms with Crippen LogP contribution in [0, 0.1) is 6.92 Å². The normalized spacial score (nSPS) is 12.1. The van der Waals surface area contributed by atoms with Gasteiger partial charge < -0.3 is 4.74 Å². The summed E-state index contributed by atoms with van der Waals surface area (Å²) in [6.45, 7) is 6.59. The summed E-state index contributed by atoms with van der Waals surface area (Å²) in [5, 5.41) is 5.78. The number of amides is 1. The van der Waals surface area contributed by atoms with E-state index in [4.69, 9.17) is 4.74 Å². The fraction of sp³-hybridized carbons (Fsp3) is 0.400. The molecular formula is C15H17F3N4O2. The van der Waals surface area contributed by atoms with E-state index in [1.54, 1.807) is 33.8 Å². The van der Waals surface area contributed by atoms with Gasteiger partial charge in [-0.2, -0.15) is 18.3 Å². The van der Waals surface area contributed by atoms with Crippen molar-refractivity contribution in [1.29, 1.82) is 0 Å². The lowest BCUT2D eigenvalue weighted by Crippen LogP contribution is -2.28. The van der Waals surface area contributed by atoms with E-state index in [9.17, 15) is 18.0 Å². The number of carbonyl (C=O) groups is 1. The maximum Gasteiger partial charge on any atom is 0.435 e. The number of anilines is 1. The van der Waals surface area contributed by atoms with Crippen molar-refractivity contribution in [3.05, 3.63) is 35.8 Å². The first-order valence-electron chi connectivity index (χ1n) is 7.05. The Bertz CT molecular complexity index is 731. The molecule has 2 rings (SSSR count). The highest BCUT2D eigenvalue weighted by molar-refractivity contribution is 5.85. The maximum absolute atomic E-state index is 13.4. The Hall–Kier alpha value is -2.58. The van der Waals surface area contributed by atoms with Crippen LogP contribution in [-0.2, 0) is 10.9 Å². The van der Waals surface area contributed by atoms with E-state index in [2.05, 4.69) is 15.4 Å². The fourth-order valence-electron chi connectivity index (χ4n) is 1.89. The molecule has 0 fully saturated rings. The molecule has 0 aliphatic rings. The molecule has 0 aliphatic carbocycles. The van der Waals surface area contributed by atoms with Crippen molar-refractivity contribution >= 4 is 11.8 Å². The molecule has 0 atom stereocenters. The molecule has 9 heteroatoms. The molecule has 2 heterocycles. The Labute approximate surface area is 136 Å². The first-order valence-corrected chi connectivity index (χ1v) is 7.05. The van der Waals surface area contributed by atoms with Crippen LogP contribution in [0.4, 0.5) is 23.7 Å². The number of carbonyl (C=O) groups excluding carboxylic acids is 1. The molecule has 6 nitrogen and oxygen atoms in total. The van der Waals surface area contributed by atoms with E-state index in [0.717, 1.165) is 11.8 Å². The van der Waals surface area contributed by atoms with Gasteiger partial charge in [0.25, 0.3) is 0 Å². The van der Waals surface area contributed by atoms with Crippen LogP contribution in [0.5, 0.6) is 0 Å². The van der Waals surface area contributed by atoms with Crippen molar-refractivity contribution in [2.45, 2.75) is 39.5 Å². The Morgan fingerprint density at radius 1 is 1.21 bits per heavy atom. The lowest BCUT2D eigenvalue weighted by atomic mass is 10.2. The van der Waals surface area contributed by atoms with Crippen molar-refractivity contribution in [1.82, 2.24) is 14.8 Å². The molecule has 0 aromatic carbocycles. The summed E-state index contributed by atoms with van der Waals surface area (Å²) in [4.78, 5) is 15.7. The number of halogens is 3. The zero-order valence-electron chi connectivity index (χ0n) is 13.6. The van der Waals surface area contributed by atoms with Gasteiger partial charge in [-0.3, -0.25) is 5.32 Å². The monoisotopic (exact) mass is 342 g/mol. The molecule has 0 radical (unpaired) electrons. The predicted molar refractivity (Wildman–Crippen MR) is 81.0 cm³/mol. The second kappa shape index (κ2) is 6.14. The lowest BCUT2D eigenvalue weighted by molar-refractivity contribution is -0.142. The smallest absolute Gasteiger partial charge is 0.435 e. The number of nitrogens with one attached hydrogen (secondary N) is 1.